The Morgan fingerprint density at radius 1 is 1.10 bits per heavy atom. The molecule has 0 atom stereocenters. The molecule has 1 saturated heterocycles. The molecule has 0 unspecified atom stereocenters. The Kier molecular flexibility index (Phi) is 5.95. The Hall–Kier alpha value is -3.32. The number of nitrogens with zero attached hydrogens (tertiary/aromatic N) is 3. The van der Waals surface area contributed by atoms with E-state index in [0.29, 0.717) is 24.0 Å². The van der Waals surface area contributed by atoms with E-state index in [-0.39, 0.29) is 11.9 Å². The van der Waals surface area contributed by atoms with Gasteiger partial charge in [-0.1, -0.05) is 29.8 Å². The van der Waals surface area contributed by atoms with E-state index in [0.717, 1.165) is 41.2 Å². The first-order valence-electron chi connectivity index (χ1n) is 10.4. The fraction of sp³-hybridized carbons (Fsp3) is 0.333. The molecule has 2 heterocycles. The summed E-state index contributed by atoms with van der Waals surface area (Å²) >= 11 is 0. The summed E-state index contributed by atoms with van der Waals surface area (Å²) in [4.78, 5) is 18.5. The molecule has 0 saturated carbocycles. The van der Waals surface area contributed by atoms with Crippen LogP contribution in [0.15, 0.2) is 52.9 Å². The summed E-state index contributed by atoms with van der Waals surface area (Å²) in [5.41, 5.74) is 3.92. The first-order chi connectivity index (χ1) is 15.0. The van der Waals surface area contributed by atoms with Crippen molar-refractivity contribution in [1.29, 1.82) is 0 Å². The summed E-state index contributed by atoms with van der Waals surface area (Å²) in [5.74, 6) is 2.33. The van der Waals surface area contributed by atoms with Crippen molar-refractivity contribution < 1.29 is 19.2 Å². The van der Waals surface area contributed by atoms with E-state index >= 15 is 0 Å². The van der Waals surface area contributed by atoms with Crippen molar-refractivity contribution in [3.05, 3.63) is 60.0 Å². The number of ether oxygens (including phenoxy) is 1. The highest BCUT2D eigenvalue weighted by molar-refractivity contribution is 5.77. The van der Waals surface area contributed by atoms with Gasteiger partial charge in [-0.3, -0.25) is 5.21 Å². The first kappa shape index (κ1) is 20.9. The molecule has 2 amide bonds. The number of likely N-dealkylation sites (tertiary alicyclic amines) is 1. The number of methoxy groups -OCH3 is 1. The first-order valence-corrected chi connectivity index (χ1v) is 10.4. The van der Waals surface area contributed by atoms with Gasteiger partial charge in [-0.15, -0.1) is 0 Å². The van der Waals surface area contributed by atoms with Gasteiger partial charge < -0.3 is 14.1 Å². The lowest BCUT2D eigenvalue weighted by Gasteiger charge is -2.31. The van der Waals surface area contributed by atoms with Crippen molar-refractivity contribution in [2.75, 3.05) is 27.2 Å². The van der Waals surface area contributed by atoms with E-state index in [1.165, 1.54) is 12.6 Å². The van der Waals surface area contributed by atoms with Gasteiger partial charge in [-0.05, 0) is 44.0 Å². The van der Waals surface area contributed by atoms with E-state index in [2.05, 4.69) is 19.1 Å². The highest BCUT2D eigenvalue weighted by Gasteiger charge is 2.29. The lowest BCUT2D eigenvalue weighted by Crippen LogP contribution is -2.43. The van der Waals surface area contributed by atoms with Crippen LogP contribution in [0.5, 0.6) is 5.75 Å². The minimum absolute atomic E-state index is 0.115. The van der Waals surface area contributed by atoms with Crippen LogP contribution in [0.2, 0.25) is 0 Å². The topological polar surface area (TPSA) is 79.0 Å². The van der Waals surface area contributed by atoms with Crippen LogP contribution in [-0.4, -0.2) is 53.4 Å². The number of carbonyl (C=O) groups excluding carboxylic acids is 1. The second kappa shape index (κ2) is 8.81. The third-order valence-electron chi connectivity index (χ3n) is 5.71. The zero-order chi connectivity index (χ0) is 22.0. The van der Waals surface area contributed by atoms with E-state index in [4.69, 9.17) is 14.1 Å². The van der Waals surface area contributed by atoms with Crippen LogP contribution in [0, 0.1) is 6.92 Å². The van der Waals surface area contributed by atoms with E-state index in [9.17, 15) is 10.0 Å². The number of piperidine rings is 1. The lowest BCUT2D eigenvalue weighted by molar-refractivity contribution is -0.0358. The number of oxazole rings is 1. The second-order valence-electron chi connectivity index (χ2n) is 7.89. The zero-order valence-corrected chi connectivity index (χ0v) is 18.0. The molecule has 0 spiro atoms. The van der Waals surface area contributed by atoms with Gasteiger partial charge in [0.05, 0.1) is 7.11 Å². The van der Waals surface area contributed by atoms with Crippen LogP contribution in [0.3, 0.4) is 0 Å². The van der Waals surface area contributed by atoms with Crippen LogP contribution in [0.25, 0.3) is 22.6 Å². The molecule has 162 valence electrons. The highest BCUT2D eigenvalue weighted by atomic mass is 16.5. The van der Waals surface area contributed by atoms with Gasteiger partial charge in [0, 0.05) is 37.2 Å². The quantitative estimate of drug-likeness (QED) is 0.476. The molecular weight excluding hydrogens is 394 g/mol. The standard InChI is InChI=1S/C24H27N3O4/c1-16-4-6-18(7-5-16)22-21(17-8-10-20(30-3)11-9-17)25-23(31-22)19-12-14-27(15-13-19)24(28)26(2)29/h4-11,19,29H,12-15H2,1-3H3. The average molecular weight is 421 g/mol. The number of aromatic nitrogens is 1. The average Bonchev–Trinajstić information content (AvgIpc) is 3.24. The monoisotopic (exact) mass is 421 g/mol. The Balaban J connectivity index is 1.65. The summed E-state index contributed by atoms with van der Waals surface area (Å²) in [6, 6.07) is 15.6. The molecule has 1 aliphatic rings. The third kappa shape index (κ3) is 4.41. The predicted octanol–water partition coefficient (Wildman–Crippen LogP) is 4.95. The predicted molar refractivity (Wildman–Crippen MR) is 117 cm³/mol. The van der Waals surface area contributed by atoms with Crippen LogP contribution in [0.1, 0.15) is 30.2 Å². The Morgan fingerprint density at radius 3 is 2.29 bits per heavy atom. The van der Waals surface area contributed by atoms with Crippen LogP contribution < -0.4 is 4.74 Å². The number of rotatable bonds is 4. The van der Waals surface area contributed by atoms with Crippen molar-refractivity contribution in [3.8, 4) is 28.3 Å². The molecule has 1 aliphatic heterocycles. The normalized spacial score (nSPS) is 14.5. The number of urea groups is 1. The third-order valence-corrected chi connectivity index (χ3v) is 5.71. The SMILES string of the molecule is COc1ccc(-c2nc(C3CCN(C(=O)N(C)O)CC3)oc2-c2ccc(C)cc2)cc1. The molecule has 0 bridgehead atoms. The van der Waals surface area contributed by atoms with Gasteiger partial charge in [0.15, 0.2) is 11.7 Å². The number of hydroxylamine groups is 2. The van der Waals surface area contributed by atoms with Crippen LogP contribution >= 0.6 is 0 Å². The molecule has 1 aromatic heterocycles. The number of aryl methyl sites for hydroxylation is 1. The van der Waals surface area contributed by atoms with E-state index < -0.39 is 0 Å². The maximum absolute atomic E-state index is 12.0. The second-order valence-corrected chi connectivity index (χ2v) is 7.89. The van der Waals surface area contributed by atoms with Crippen molar-refractivity contribution in [1.82, 2.24) is 14.9 Å². The summed E-state index contributed by atoms with van der Waals surface area (Å²) < 4.78 is 11.6. The van der Waals surface area contributed by atoms with Gasteiger partial charge in [0.25, 0.3) is 0 Å². The Morgan fingerprint density at radius 2 is 1.71 bits per heavy atom. The van der Waals surface area contributed by atoms with Gasteiger partial charge in [-0.2, -0.15) is 0 Å². The molecule has 7 nitrogen and oxygen atoms in total. The molecule has 1 fully saturated rings. The molecule has 0 aliphatic carbocycles. The van der Waals surface area contributed by atoms with Crippen LogP contribution in [-0.2, 0) is 0 Å². The molecule has 7 heteroatoms. The smallest absolute Gasteiger partial charge is 0.343 e. The van der Waals surface area contributed by atoms with Crippen molar-refractivity contribution in [2.45, 2.75) is 25.7 Å². The minimum Gasteiger partial charge on any atom is -0.497 e. The molecular formula is C24H27N3O4. The zero-order valence-electron chi connectivity index (χ0n) is 18.0. The largest absolute Gasteiger partial charge is 0.497 e. The maximum Gasteiger partial charge on any atom is 0.343 e. The molecule has 0 radical (unpaired) electrons. The minimum atomic E-state index is -0.384. The lowest BCUT2D eigenvalue weighted by atomic mass is 9.97. The Bertz CT molecular complexity index is 1030. The summed E-state index contributed by atoms with van der Waals surface area (Å²) in [6.07, 6.45) is 1.46. The van der Waals surface area contributed by atoms with Gasteiger partial charge in [0.2, 0.25) is 0 Å². The van der Waals surface area contributed by atoms with E-state index in [1.807, 2.05) is 36.4 Å². The molecule has 1 N–H and O–H groups in total. The van der Waals surface area contributed by atoms with Gasteiger partial charge in [-0.25, -0.2) is 14.8 Å². The fourth-order valence-electron chi connectivity index (χ4n) is 3.88. The number of carbonyl (C=O) groups is 1. The summed E-state index contributed by atoms with van der Waals surface area (Å²) in [7, 11) is 2.99. The summed E-state index contributed by atoms with van der Waals surface area (Å²) in [5, 5.41) is 10.0. The van der Waals surface area contributed by atoms with Gasteiger partial charge >= 0.3 is 6.03 Å². The fourth-order valence-corrected chi connectivity index (χ4v) is 3.88. The number of hydrogen-bond acceptors (Lipinski definition) is 5. The maximum atomic E-state index is 12.0. The highest BCUT2D eigenvalue weighted by Crippen LogP contribution is 2.38. The van der Waals surface area contributed by atoms with Crippen LogP contribution in [0.4, 0.5) is 4.79 Å². The number of hydrogen-bond donors (Lipinski definition) is 1. The number of benzene rings is 2. The van der Waals surface area contributed by atoms with Gasteiger partial charge in [0.1, 0.15) is 11.4 Å². The van der Waals surface area contributed by atoms with Crippen molar-refractivity contribution in [2.24, 2.45) is 0 Å². The van der Waals surface area contributed by atoms with Crippen molar-refractivity contribution in [3.63, 3.8) is 0 Å². The van der Waals surface area contributed by atoms with E-state index in [1.54, 1.807) is 12.0 Å². The Labute approximate surface area is 181 Å². The number of amides is 2. The van der Waals surface area contributed by atoms with Crippen molar-refractivity contribution >= 4 is 6.03 Å². The summed E-state index contributed by atoms with van der Waals surface area (Å²) in [6.45, 7) is 3.15. The molecule has 2 aromatic carbocycles. The molecule has 3 aromatic rings. The molecule has 4 rings (SSSR count). The molecule has 31 heavy (non-hydrogen) atoms.